The molecule has 3 aromatic rings. The van der Waals surface area contributed by atoms with Crippen LogP contribution in [0.1, 0.15) is 33.8 Å². The van der Waals surface area contributed by atoms with Crippen molar-refractivity contribution in [2.75, 3.05) is 0 Å². The normalized spacial score (nSPS) is 12.3. The van der Waals surface area contributed by atoms with Gasteiger partial charge in [-0.2, -0.15) is 0 Å². The Labute approximate surface area is 128 Å². The van der Waals surface area contributed by atoms with Crippen molar-refractivity contribution in [3.63, 3.8) is 0 Å². The van der Waals surface area contributed by atoms with Crippen molar-refractivity contribution in [3.05, 3.63) is 83.1 Å². The summed E-state index contributed by atoms with van der Waals surface area (Å²) in [4.78, 5) is 0. The van der Waals surface area contributed by atoms with Gasteiger partial charge >= 0.3 is 0 Å². The molecule has 0 fully saturated rings. The van der Waals surface area contributed by atoms with Gasteiger partial charge in [0.05, 0.1) is 6.42 Å². The first kappa shape index (κ1) is 13.8. The fourth-order valence-corrected chi connectivity index (χ4v) is 2.41. The molecule has 2 aromatic carbocycles. The van der Waals surface area contributed by atoms with Gasteiger partial charge in [0.1, 0.15) is 5.38 Å². The van der Waals surface area contributed by atoms with Crippen LogP contribution >= 0.6 is 11.6 Å². The molecule has 0 aliphatic rings. The Morgan fingerprint density at radius 2 is 1.71 bits per heavy atom. The Bertz CT molecular complexity index is 724. The van der Waals surface area contributed by atoms with E-state index < -0.39 is 5.38 Å². The van der Waals surface area contributed by atoms with Crippen molar-refractivity contribution >= 4 is 11.6 Å². The molecule has 0 bridgehead atoms. The van der Waals surface area contributed by atoms with Gasteiger partial charge in [0.2, 0.25) is 11.8 Å². The number of rotatable bonds is 4. The second kappa shape index (κ2) is 6.10. The van der Waals surface area contributed by atoms with Gasteiger partial charge in [-0.3, -0.25) is 0 Å². The van der Waals surface area contributed by atoms with Crippen molar-refractivity contribution in [1.82, 2.24) is 10.2 Å². The summed E-state index contributed by atoms with van der Waals surface area (Å²) in [6, 6.07) is 17.9. The summed E-state index contributed by atoms with van der Waals surface area (Å²) in [5, 5.41) is 7.76. The molecule has 1 heterocycles. The van der Waals surface area contributed by atoms with Gasteiger partial charge in [-0.25, -0.2) is 0 Å². The standard InChI is InChI=1S/C17H15ClN2O/c1-12-7-5-6-10-14(12)11-15-19-20-17(21-15)16(18)13-8-3-2-4-9-13/h2-10,16H,11H2,1H3. The fourth-order valence-electron chi connectivity index (χ4n) is 2.18. The number of aryl methyl sites for hydroxylation is 1. The predicted molar refractivity (Wildman–Crippen MR) is 82.4 cm³/mol. The summed E-state index contributed by atoms with van der Waals surface area (Å²) in [5.74, 6) is 1.02. The van der Waals surface area contributed by atoms with Crippen LogP contribution < -0.4 is 0 Å². The van der Waals surface area contributed by atoms with Crippen LogP contribution in [-0.2, 0) is 6.42 Å². The van der Waals surface area contributed by atoms with Crippen LogP contribution in [0, 0.1) is 6.92 Å². The maximum atomic E-state index is 6.38. The molecular formula is C17H15ClN2O. The molecule has 0 aliphatic carbocycles. The van der Waals surface area contributed by atoms with Crippen molar-refractivity contribution in [1.29, 1.82) is 0 Å². The third kappa shape index (κ3) is 3.14. The average Bonchev–Trinajstić information content (AvgIpc) is 2.98. The Hall–Kier alpha value is -2.13. The van der Waals surface area contributed by atoms with Gasteiger partial charge in [0, 0.05) is 0 Å². The molecule has 0 saturated heterocycles. The fraction of sp³-hybridized carbons (Fsp3) is 0.176. The van der Waals surface area contributed by atoms with E-state index in [0.717, 1.165) is 5.56 Å². The zero-order valence-electron chi connectivity index (χ0n) is 11.7. The van der Waals surface area contributed by atoms with Gasteiger partial charge < -0.3 is 4.42 Å². The van der Waals surface area contributed by atoms with Crippen LogP contribution in [0.25, 0.3) is 0 Å². The summed E-state index contributed by atoms with van der Waals surface area (Å²) in [6.45, 7) is 2.07. The molecule has 0 amide bonds. The lowest BCUT2D eigenvalue weighted by molar-refractivity contribution is 0.462. The summed E-state index contributed by atoms with van der Waals surface area (Å²) in [5.41, 5.74) is 3.34. The van der Waals surface area contributed by atoms with Gasteiger partial charge in [0.15, 0.2) is 0 Å². The van der Waals surface area contributed by atoms with Crippen molar-refractivity contribution in [2.24, 2.45) is 0 Å². The summed E-state index contributed by atoms with van der Waals surface area (Å²) in [7, 11) is 0. The third-order valence-corrected chi connectivity index (χ3v) is 3.83. The number of hydrogen-bond acceptors (Lipinski definition) is 3. The summed E-state index contributed by atoms with van der Waals surface area (Å²) >= 11 is 6.38. The Morgan fingerprint density at radius 1 is 1.00 bits per heavy atom. The van der Waals surface area contributed by atoms with Crippen LogP contribution in [-0.4, -0.2) is 10.2 Å². The molecule has 1 aromatic heterocycles. The number of hydrogen-bond donors (Lipinski definition) is 0. The lowest BCUT2D eigenvalue weighted by Gasteiger charge is -2.04. The van der Waals surface area contributed by atoms with Crippen LogP contribution in [0.3, 0.4) is 0 Å². The zero-order valence-corrected chi connectivity index (χ0v) is 12.4. The lowest BCUT2D eigenvalue weighted by Crippen LogP contribution is -1.92. The molecule has 3 nitrogen and oxygen atoms in total. The van der Waals surface area contributed by atoms with Crippen LogP contribution in [0.5, 0.6) is 0 Å². The molecule has 0 spiro atoms. The highest BCUT2D eigenvalue weighted by Crippen LogP contribution is 2.27. The lowest BCUT2D eigenvalue weighted by atomic mass is 10.1. The van der Waals surface area contributed by atoms with Gasteiger partial charge in [-0.1, -0.05) is 54.6 Å². The maximum absolute atomic E-state index is 6.38. The minimum atomic E-state index is -0.413. The number of aromatic nitrogens is 2. The molecule has 21 heavy (non-hydrogen) atoms. The van der Waals surface area contributed by atoms with E-state index in [2.05, 4.69) is 29.3 Å². The first-order valence-corrected chi connectivity index (χ1v) is 7.23. The Balaban J connectivity index is 1.79. The number of benzene rings is 2. The number of alkyl halides is 1. The zero-order chi connectivity index (χ0) is 14.7. The largest absolute Gasteiger partial charge is 0.423 e. The molecule has 1 atom stereocenters. The summed E-state index contributed by atoms with van der Waals surface area (Å²) < 4.78 is 5.70. The second-order valence-corrected chi connectivity index (χ2v) is 5.35. The minimum absolute atomic E-state index is 0.413. The maximum Gasteiger partial charge on any atom is 0.238 e. The summed E-state index contributed by atoms with van der Waals surface area (Å²) in [6.07, 6.45) is 0.623. The molecule has 4 heteroatoms. The van der Waals surface area contributed by atoms with Crippen molar-refractivity contribution in [3.8, 4) is 0 Å². The first-order chi connectivity index (χ1) is 10.2. The third-order valence-electron chi connectivity index (χ3n) is 3.39. The molecule has 3 rings (SSSR count). The van der Waals surface area contributed by atoms with Crippen LogP contribution in [0.15, 0.2) is 59.0 Å². The predicted octanol–water partition coefficient (Wildman–Crippen LogP) is 4.30. The minimum Gasteiger partial charge on any atom is -0.423 e. The van der Waals surface area contributed by atoms with Crippen LogP contribution in [0.4, 0.5) is 0 Å². The number of halogens is 1. The monoisotopic (exact) mass is 298 g/mol. The smallest absolute Gasteiger partial charge is 0.238 e. The van der Waals surface area contributed by atoms with E-state index in [1.807, 2.05) is 42.5 Å². The Kier molecular flexibility index (Phi) is 4.02. The molecule has 106 valence electrons. The highest BCUT2D eigenvalue weighted by atomic mass is 35.5. The first-order valence-electron chi connectivity index (χ1n) is 6.80. The molecule has 0 saturated carbocycles. The van der Waals surface area contributed by atoms with E-state index >= 15 is 0 Å². The van der Waals surface area contributed by atoms with Gasteiger partial charge in [-0.05, 0) is 23.6 Å². The van der Waals surface area contributed by atoms with Gasteiger partial charge in [-0.15, -0.1) is 21.8 Å². The second-order valence-electron chi connectivity index (χ2n) is 4.91. The highest BCUT2D eigenvalue weighted by Gasteiger charge is 2.18. The van der Waals surface area contributed by atoms with Crippen LogP contribution in [0.2, 0.25) is 0 Å². The van der Waals surface area contributed by atoms with E-state index in [0.29, 0.717) is 18.2 Å². The average molecular weight is 299 g/mol. The van der Waals surface area contributed by atoms with E-state index in [1.54, 1.807) is 0 Å². The number of nitrogens with zero attached hydrogens (tertiary/aromatic N) is 2. The molecule has 0 N–H and O–H groups in total. The molecular weight excluding hydrogens is 284 g/mol. The molecule has 0 radical (unpaired) electrons. The quantitative estimate of drug-likeness (QED) is 0.674. The molecule has 1 unspecified atom stereocenters. The highest BCUT2D eigenvalue weighted by molar-refractivity contribution is 6.22. The molecule has 0 aliphatic heterocycles. The van der Waals surface area contributed by atoms with Gasteiger partial charge in [0.25, 0.3) is 0 Å². The topological polar surface area (TPSA) is 38.9 Å². The van der Waals surface area contributed by atoms with E-state index in [9.17, 15) is 0 Å². The SMILES string of the molecule is Cc1ccccc1Cc1nnc(C(Cl)c2ccccc2)o1. The van der Waals surface area contributed by atoms with E-state index in [1.165, 1.54) is 11.1 Å². The van der Waals surface area contributed by atoms with E-state index in [-0.39, 0.29) is 0 Å². The van der Waals surface area contributed by atoms with Crippen molar-refractivity contribution < 1.29 is 4.42 Å². The van der Waals surface area contributed by atoms with Crippen molar-refractivity contribution in [2.45, 2.75) is 18.7 Å². The Morgan fingerprint density at radius 3 is 2.48 bits per heavy atom. The van der Waals surface area contributed by atoms with E-state index in [4.69, 9.17) is 16.0 Å².